The summed E-state index contributed by atoms with van der Waals surface area (Å²) in [6.07, 6.45) is 17.0. The normalized spacial score (nSPS) is 30.0. The summed E-state index contributed by atoms with van der Waals surface area (Å²) in [7, 11) is 0. The molecule has 0 aromatic heterocycles. The van der Waals surface area contributed by atoms with Crippen molar-refractivity contribution < 1.29 is 4.39 Å². The van der Waals surface area contributed by atoms with E-state index in [-0.39, 0.29) is 5.82 Å². The number of halogens is 1. The first-order valence-electron chi connectivity index (χ1n) is 10.2. The van der Waals surface area contributed by atoms with E-state index < -0.39 is 0 Å². The highest BCUT2D eigenvalue weighted by atomic mass is 19.1. The van der Waals surface area contributed by atoms with E-state index >= 15 is 0 Å². The molecule has 134 valence electrons. The molecular formula is C24H31F. The van der Waals surface area contributed by atoms with Gasteiger partial charge in [0.1, 0.15) is 5.82 Å². The van der Waals surface area contributed by atoms with Crippen LogP contribution in [0.15, 0.2) is 36.4 Å². The Morgan fingerprint density at radius 3 is 2.12 bits per heavy atom. The van der Waals surface area contributed by atoms with E-state index in [4.69, 9.17) is 0 Å². The molecule has 0 aliphatic heterocycles. The average molecular weight is 339 g/mol. The van der Waals surface area contributed by atoms with Gasteiger partial charge in [-0.3, -0.25) is 0 Å². The van der Waals surface area contributed by atoms with Crippen molar-refractivity contribution in [1.29, 1.82) is 0 Å². The highest BCUT2D eigenvalue weighted by molar-refractivity contribution is 5.36. The van der Waals surface area contributed by atoms with Crippen molar-refractivity contribution in [3.63, 3.8) is 0 Å². The van der Waals surface area contributed by atoms with Crippen LogP contribution >= 0.6 is 0 Å². The van der Waals surface area contributed by atoms with E-state index in [1.54, 1.807) is 12.1 Å². The molecule has 0 N–H and O–H groups in total. The van der Waals surface area contributed by atoms with Crippen LogP contribution in [0.5, 0.6) is 0 Å². The molecule has 2 aliphatic carbocycles. The maximum absolute atomic E-state index is 12.9. The topological polar surface area (TPSA) is 0 Å². The molecule has 0 bridgehead atoms. The molecule has 0 atom stereocenters. The Morgan fingerprint density at radius 1 is 0.920 bits per heavy atom. The van der Waals surface area contributed by atoms with E-state index in [9.17, 15) is 4.39 Å². The second-order valence-corrected chi connectivity index (χ2v) is 8.00. The number of benzene rings is 1. The molecule has 0 spiro atoms. The van der Waals surface area contributed by atoms with Crippen molar-refractivity contribution in [1.82, 2.24) is 0 Å². The molecule has 1 heteroatoms. The Bertz CT molecular complexity index is 600. The standard InChI is InChI=1S/C24H31F/c1-2-19-7-13-22(14-8-19)23-15-9-20(10-16-23)5-3-4-6-21-11-17-24(25)18-12-21/h3,5,11-12,17-20,22-23H,2,7-10,13-16H2,1H3/t19-,20?,22-,23?. The summed E-state index contributed by atoms with van der Waals surface area (Å²) in [5.41, 5.74) is 0.873. The van der Waals surface area contributed by atoms with Gasteiger partial charge in [0, 0.05) is 5.56 Å². The quantitative estimate of drug-likeness (QED) is 0.534. The molecule has 0 heterocycles. The van der Waals surface area contributed by atoms with E-state index in [1.165, 1.54) is 69.9 Å². The molecule has 0 saturated heterocycles. The lowest BCUT2D eigenvalue weighted by atomic mass is 9.69. The minimum Gasteiger partial charge on any atom is -0.207 e. The fraction of sp³-hybridized carbons (Fsp3) is 0.583. The summed E-state index contributed by atoms with van der Waals surface area (Å²) in [4.78, 5) is 0. The second-order valence-electron chi connectivity index (χ2n) is 8.00. The fourth-order valence-corrected chi connectivity index (χ4v) is 4.72. The molecule has 0 radical (unpaired) electrons. The molecule has 25 heavy (non-hydrogen) atoms. The molecule has 0 amide bonds. The van der Waals surface area contributed by atoms with Crippen molar-refractivity contribution >= 4 is 0 Å². The fourth-order valence-electron chi connectivity index (χ4n) is 4.72. The molecule has 0 unspecified atom stereocenters. The zero-order valence-electron chi connectivity index (χ0n) is 15.5. The van der Waals surface area contributed by atoms with Crippen LogP contribution in [0.2, 0.25) is 0 Å². The average Bonchev–Trinajstić information content (AvgIpc) is 2.67. The third kappa shape index (κ3) is 5.46. The lowest BCUT2D eigenvalue weighted by Gasteiger charge is -2.37. The highest BCUT2D eigenvalue weighted by Gasteiger charge is 2.29. The second kappa shape index (κ2) is 9.23. The van der Waals surface area contributed by atoms with Gasteiger partial charge in [0.25, 0.3) is 0 Å². The van der Waals surface area contributed by atoms with Crippen molar-refractivity contribution in [3.05, 3.63) is 47.8 Å². The van der Waals surface area contributed by atoms with Crippen LogP contribution in [0.3, 0.4) is 0 Å². The molecule has 2 saturated carbocycles. The first-order chi connectivity index (χ1) is 12.2. The molecular weight excluding hydrogens is 307 g/mol. The lowest BCUT2D eigenvalue weighted by molar-refractivity contribution is 0.154. The number of hydrogen-bond donors (Lipinski definition) is 0. The van der Waals surface area contributed by atoms with Gasteiger partial charge in [-0.25, -0.2) is 4.39 Å². The van der Waals surface area contributed by atoms with Crippen molar-refractivity contribution in [3.8, 4) is 11.8 Å². The first kappa shape index (κ1) is 18.2. The Morgan fingerprint density at radius 2 is 1.52 bits per heavy atom. The smallest absolute Gasteiger partial charge is 0.123 e. The summed E-state index contributed by atoms with van der Waals surface area (Å²) in [5, 5.41) is 0. The Hall–Kier alpha value is -1.55. The van der Waals surface area contributed by atoms with Crippen LogP contribution in [-0.4, -0.2) is 0 Å². The summed E-state index contributed by atoms with van der Waals surface area (Å²) >= 11 is 0. The van der Waals surface area contributed by atoms with Gasteiger partial charge < -0.3 is 0 Å². The summed E-state index contributed by atoms with van der Waals surface area (Å²) < 4.78 is 12.9. The monoisotopic (exact) mass is 338 g/mol. The molecule has 3 rings (SSSR count). The Labute approximate surface area is 152 Å². The van der Waals surface area contributed by atoms with Crippen LogP contribution in [-0.2, 0) is 0 Å². The van der Waals surface area contributed by atoms with E-state index in [0.717, 1.165) is 23.3 Å². The van der Waals surface area contributed by atoms with Crippen molar-refractivity contribution in [2.45, 2.75) is 64.7 Å². The minimum atomic E-state index is -0.207. The largest absolute Gasteiger partial charge is 0.207 e. The van der Waals surface area contributed by atoms with Gasteiger partial charge in [-0.2, -0.15) is 0 Å². The van der Waals surface area contributed by atoms with Crippen LogP contribution < -0.4 is 0 Å². The number of rotatable bonds is 3. The third-order valence-corrected chi connectivity index (χ3v) is 6.46. The van der Waals surface area contributed by atoms with E-state index in [0.29, 0.717) is 5.92 Å². The SMILES string of the molecule is CC[C@H]1CC[C@H](C2CCC(C=CC#Cc3ccc(F)cc3)CC2)CC1. The van der Waals surface area contributed by atoms with Gasteiger partial charge in [-0.15, -0.1) is 0 Å². The van der Waals surface area contributed by atoms with Crippen LogP contribution in [0.25, 0.3) is 0 Å². The number of hydrogen-bond acceptors (Lipinski definition) is 0. The molecule has 2 aliphatic rings. The van der Waals surface area contributed by atoms with Crippen molar-refractivity contribution in [2.75, 3.05) is 0 Å². The molecule has 1 aromatic rings. The van der Waals surface area contributed by atoms with Crippen molar-refractivity contribution in [2.24, 2.45) is 23.7 Å². The van der Waals surface area contributed by atoms with Gasteiger partial charge in [-0.05, 0) is 92.5 Å². The van der Waals surface area contributed by atoms with Crippen LogP contribution in [0, 0.1) is 41.3 Å². The zero-order valence-corrected chi connectivity index (χ0v) is 15.5. The highest BCUT2D eigenvalue weighted by Crippen LogP contribution is 2.42. The van der Waals surface area contributed by atoms with Gasteiger partial charge in [-0.1, -0.05) is 44.1 Å². The zero-order chi connectivity index (χ0) is 17.5. The predicted octanol–water partition coefficient (Wildman–Crippen LogP) is 6.76. The predicted molar refractivity (Wildman–Crippen MR) is 104 cm³/mol. The first-order valence-corrected chi connectivity index (χ1v) is 10.2. The number of allylic oxidation sites excluding steroid dienone is 2. The van der Waals surface area contributed by atoms with Gasteiger partial charge >= 0.3 is 0 Å². The Kier molecular flexibility index (Phi) is 6.74. The van der Waals surface area contributed by atoms with Gasteiger partial charge in [0.2, 0.25) is 0 Å². The summed E-state index contributed by atoms with van der Waals surface area (Å²) in [5.74, 6) is 9.67. The van der Waals surface area contributed by atoms with Crippen LogP contribution in [0.4, 0.5) is 4.39 Å². The van der Waals surface area contributed by atoms with Gasteiger partial charge in [0.05, 0.1) is 0 Å². The lowest BCUT2D eigenvalue weighted by Crippen LogP contribution is -2.25. The summed E-state index contributed by atoms with van der Waals surface area (Å²) in [6, 6.07) is 6.38. The Balaban J connectivity index is 1.41. The van der Waals surface area contributed by atoms with Crippen LogP contribution in [0.1, 0.15) is 70.3 Å². The van der Waals surface area contributed by atoms with E-state index in [2.05, 4.69) is 24.8 Å². The molecule has 1 aromatic carbocycles. The third-order valence-electron chi connectivity index (χ3n) is 6.46. The molecule has 2 fully saturated rings. The van der Waals surface area contributed by atoms with Gasteiger partial charge in [0.15, 0.2) is 0 Å². The maximum Gasteiger partial charge on any atom is 0.123 e. The summed E-state index contributed by atoms with van der Waals surface area (Å²) in [6.45, 7) is 2.35. The maximum atomic E-state index is 12.9. The van der Waals surface area contributed by atoms with E-state index in [1.807, 2.05) is 6.08 Å². The minimum absolute atomic E-state index is 0.207. The molecule has 0 nitrogen and oxygen atoms in total.